The number of carbonyl (C=O) groups excluding carboxylic acids is 2. The first-order chi connectivity index (χ1) is 9.13. The van der Waals surface area contributed by atoms with Crippen molar-refractivity contribution < 1.29 is 9.59 Å². The molecule has 0 bridgehead atoms. The summed E-state index contributed by atoms with van der Waals surface area (Å²) >= 11 is 0. The van der Waals surface area contributed by atoms with E-state index in [-0.39, 0.29) is 11.9 Å². The summed E-state index contributed by atoms with van der Waals surface area (Å²) in [5, 5.41) is 0. The minimum absolute atomic E-state index is 0.163. The molecule has 2 aliphatic rings. The molecule has 2 saturated heterocycles. The summed E-state index contributed by atoms with van der Waals surface area (Å²) < 4.78 is 0. The third-order valence-corrected chi connectivity index (χ3v) is 4.25. The van der Waals surface area contributed by atoms with E-state index >= 15 is 0 Å². The summed E-state index contributed by atoms with van der Waals surface area (Å²) in [5.41, 5.74) is 0. The van der Waals surface area contributed by atoms with Crippen LogP contribution in [0, 0.1) is 0 Å². The van der Waals surface area contributed by atoms with E-state index in [9.17, 15) is 9.59 Å². The quantitative estimate of drug-likeness (QED) is 0.723. The molecular weight excluding hydrogens is 242 g/mol. The van der Waals surface area contributed by atoms with E-state index in [1.165, 1.54) is 6.42 Å². The van der Waals surface area contributed by atoms with Gasteiger partial charge in [-0.15, -0.1) is 0 Å². The lowest BCUT2D eigenvalue weighted by Crippen LogP contribution is -2.56. The molecule has 0 aromatic heterocycles. The summed E-state index contributed by atoms with van der Waals surface area (Å²) in [6.07, 6.45) is 4.01. The molecule has 5 nitrogen and oxygen atoms in total. The van der Waals surface area contributed by atoms with Crippen LogP contribution >= 0.6 is 0 Å². The van der Waals surface area contributed by atoms with Crippen LogP contribution in [0.25, 0.3) is 0 Å². The normalized spacial score (nSPS) is 24.5. The summed E-state index contributed by atoms with van der Waals surface area (Å²) in [4.78, 5) is 29.8. The fourth-order valence-corrected chi connectivity index (χ4v) is 2.93. The van der Waals surface area contributed by atoms with Gasteiger partial charge in [0.15, 0.2) is 0 Å². The van der Waals surface area contributed by atoms with Gasteiger partial charge < -0.3 is 14.7 Å². The third-order valence-electron chi connectivity index (χ3n) is 4.25. The number of urea groups is 1. The molecule has 0 aromatic carbocycles. The van der Waals surface area contributed by atoms with Crippen molar-refractivity contribution in [3.63, 3.8) is 0 Å². The molecule has 0 saturated carbocycles. The summed E-state index contributed by atoms with van der Waals surface area (Å²) in [5.74, 6) is 0.193. The van der Waals surface area contributed by atoms with E-state index in [1.54, 1.807) is 0 Å². The number of hydrogen-bond donors (Lipinski definition) is 0. The monoisotopic (exact) mass is 267 g/mol. The SMILES string of the molecule is CCC(=O)N1CCN(C(=O)N2CCCCC2C)CC1. The van der Waals surface area contributed by atoms with E-state index < -0.39 is 0 Å². The van der Waals surface area contributed by atoms with Crippen molar-refractivity contribution in [3.05, 3.63) is 0 Å². The van der Waals surface area contributed by atoms with E-state index in [0.717, 1.165) is 19.4 Å². The van der Waals surface area contributed by atoms with Crippen LogP contribution < -0.4 is 0 Å². The number of amides is 3. The Morgan fingerprint density at radius 3 is 2.21 bits per heavy atom. The largest absolute Gasteiger partial charge is 0.339 e. The highest BCUT2D eigenvalue weighted by molar-refractivity contribution is 5.77. The molecular formula is C14H25N3O2. The maximum Gasteiger partial charge on any atom is 0.320 e. The number of nitrogens with zero attached hydrogens (tertiary/aromatic N) is 3. The number of rotatable bonds is 1. The van der Waals surface area contributed by atoms with Crippen LogP contribution in [-0.2, 0) is 4.79 Å². The number of carbonyl (C=O) groups is 2. The zero-order valence-corrected chi connectivity index (χ0v) is 12.1. The Morgan fingerprint density at radius 1 is 1.00 bits per heavy atom. The molecule has 3 amide bonds. The van der Waals surface area contributed by atoms with Gasteiger partial charge in [0, 0.05) is 45.2 Å². The first-order valence-electron chi connectivity index (χ1n) is 7.46. The Hall–Kier alpha value is -1.26. The van der Waals surface area contributed by atoms with Crippen molar-refractivity contribution in [2.75, 3.05) is 32.7 Å². The highest BCUT2D eigenvalue weighted by atomic mass is 16.2. The fraction of sp³-hybridized carbons (Fsp3) is 0.857. The molecule has 2 fully saturated rings. The molecule has 1 unspecified atom stereocenters. The molecule has 19 heavy (non-hydrogen) atoms. The Bertz CT molecular complexity index is 338. The van der Waals surface area contributed by atoms with E-state index in [1.807, 2.05) is 21.6 Å². The van der Waals surface area contributed by atoms with Crippen LogP contribution in [0.15, 0.2) is 0 Å². The van der Waals surface area contributed by atoms with Crippen molar-refractivity contribution in [2.24, 2.45) is 0 Å². The highest BCUT2D eigenvalue weighted by Gasteiger charge is 2.30. The number of hydrogen-bond acceptors (Lipinski definition) is 2. The van der Waals surface area contributed by atoms with Crippen LogP contribution in [0.4, 0.5) is 4.79 Å². The van der Waals surface area contributed by atoms with Gasteiger partial charge in [-0.25, -0.2) is 4.79 Å². The second-order valence-corrected chi connectivity index (χ2v) is 5.54. The predicted molar refractivity (Wildman–Crippen MR) is 73.9 cm³/mol. The van der Waals surface area contributed by atoms with Crippen LogP contribution in [-0.4, -0.2) is 65.4 Å². The topological polar surface area (TPSA) is 43.9 Å². The maximum absolute atomic E-state index is 12.5. The van der Waals surface area contributed by atoms with Gasteiger partial charge in [0.2, 0.25) is 5.91 Å². The number of likely N-dealkylation sites (tertiary alicyclic amines) is 1. The van der Waals surface area contributed by atoms with E-state index in [2.05, 4.69) is 6.92 Å². The first kappa shape index (κ1) is 14.2. The Labute approximate surface area is 115 Å². The Balaban J connectivity index is 1.86. The molecule has 0 N–H and O–H groups in total. The zero-order chi connectivity index (χ0) is 13.8. The van der Waals surface area contributed by atoms with E-state index in [4.69, 9.17) is 0 Å². The van der Waals surface area contributed by atoms with E-state index in [0.29, 0.717) is 38.6 Å². The van der Waals surface area contributed by atoms with Gasteiger partial charge in [0.1, 0.15) is 0 Å². The first-order valence-corrected chi connectivity index (χ1v) is 7.46. The van der Waals surface area contributed by atoms with Crippen molar-refractivity contribution in [1.82, 2.24) is 14.7 Å². The van der Waals surface area contributed by atoms with Gasteiger partial charge in [-0.05, 0) is 26.2 Å². The predicted octanol–water partition coefficient (Wildman–Crippen LogP) is 1.53. The summed E-state index contributed by atoms with van der Waals surface area (Å²) in [7, 11) is 0. The van der Waals surface area contributed by atoms with Crippen LogP contribution in [0.3, 0.4) is 0 Å². The molecule has 108 valence electrons. The summed E-state index contributed by atoms with van der Waals surface area (Å²) in [6, 6.07) is 0.521. The van der Waals surface area contributed by atoms with Crippen LogP contribution in [0.1, 0.15) is 39.5 Å². The summed E-state index contributed by atoms with van der Waals surface area (Å²) in [6.45, 7) is 7.61. The molecule has 0 radical (unpaired) electrons. The van der Waals surface area contributed by atoms with Crippen molar-refractivity contribution >= 4 is 11.9 Å². The Morgan fingerprint density at radius 2 is 1.63 bits per heavy atom. The Kier molecular flexibility index (Phi) is 4.66. The second-order valence-electron chi connectivity index (χ2n) is 5.54. The van der Waals surface area contributed by atoms with Crippen molar-refractivity contribution in [3.8, 4) is 0 Å². The standard InChI is InChI=1S/C14H25N3O2/c1-3-13(18)15-8-10-16(11-9-15)14(19)17-7-5-4-6-12(17)2/h12H,3-11H2,1-2H3. The lowest BCUT2D eigenvalue weighted by atomic mass is 10.0. The maximum atomic E-state index is 12.5. The minimum atomic E-state index is 0.163. The lowest BCUT2D eigenvalue weighted by Gasteiger charge is -2.41. The van der Waals surface area contributed by atoms with Gasteiger partial charge in [-0.1, -0.05) is 6.92 Å². The number of piperazine rings is 1. The second kappa shape index (κ2) is 6.26. The smallest absolute Gasteiger partial charge is 0.320 e. The zero-order valence-electron chi connectivity index (χ0n) is 12.1. The molecule has 2 aliphatic heterocycles. The van der Waals surface area contributed by atoms with Gasteiger partial charge in [-0.3, -0.25) is 4.79 Å². The molecule has 2 rings (SSSR count). The molecule has 0 spiro atoms. The average molecular weight is 267 g/mol. The average Bonchev–Trinajstić information content (AvgIpc) is 2.46. The van der Waals surface area contributed by atoms with Crippen LogP contribution in [0.2, 0.25) is 0 Å². The van der Waals surface area contributed by atoms with Gasteiger partial charge >= 0.3 is 6.03 Å². The van der Waals surface area contributed by atoms with Gasteiger partial charge in [-0.2, -0.15) is 0 Å². The molecule has 5 heteroatoms. The lowest BCUT2D eigenvalue weighted by molar-refractivity contribution is -0.132. The van der Waals surface area contributed by atoms with Gasteiger partial charge in [0.05, 0.1) is 0 Å². The molecule has 0 aliphatic carbocycles. The minimum Gasteiger partial charge on any atom is -0.339 e. The van der Waals surface area contributed by atoms with Crippen molar-refractivity contribution in [2.45, 2.75) is 45.6 Å². The number of piperidine rings is 1. The third kappa shape index (κ3) is 3.19. The molecule has 1 atom stereocenters. The van der Waals surface area contributed by atoms with Crippen LogP contribution in [0.5, 0.6) is 0 Å². The van der Waals surface area contributed by atoms with Crippen molar-refractivity contribution in [1.29, 1.82) is 0 Å². The fourth-order valence-electron chi connectivity index (χ4n) is 2.93. The van der Waals surface area contributed by atoms with Gasteiger partial charge in [0.25, 0.3) is 0 Å². The highest BCUT2D eigenvalue weighted by Crippen LogP contribution is 2.18. The molecule has 2 heterocycles. The molecule has 0 aromatic rings.